The van der Waals surface area contributed by atoms with Gasteiger partial charge < -0.3 is 0 Å². The largest absolute Gasteiger partial charge is 0.253 e. The van der Waals surface area contributed by atoms with E-state index in [1.165, 1.54) is 5.56 Å². The van der Waals surface area contributed by atoms with Crippen LogP contribution in [-0.4, -0.2) is 4.98 Å². The molecule has 0 unspecified atom stereocenters. The van der Waals surface area contributed by atoms with Crippen molar-refractivity contribution in [2.45, 2.75) is 13.3 Å². The fourth-order valence-corrected chi connectivity index (χ4v) is 1.45. The molecule has 0 saturated carbocycles. The molecule has 2 aromatic rings. The molecular formula is C13H13N. The average Bonchev–Trinajstić information content (AvgIpc) is 2.30. The van der Waals surface area contributed by atoms with Crippen molar-refractivity contribution in [3.05, 3.63) is 54.2 Å². The second-order valence-corrected chi connectivity index (χ2v) is 3.23. The molecule has 0 fully saturated rings. The second kappa shape index (κ2) is 4.05. The van der Waals surface area contributed by atoms with Gasteiger partial charge in [0.05, 0.1) is 5.69 Å². The van der Waals surface area contributed by atoms with Gasteiger partial charge in [-0.1, -0.05) is 43.3 Å². The van der Waals surface area contributed by atoms with Crippen LogP contribution in [-0.2, 0) is 6.42 Å². The van der Waals surface area contributed by atoms with Crippen LogP contribution in [0.4, 0.5) is 0 Å². The lowest BCUT2D eigenvalue weighted by molar-refractivity contribution is 1.04. The lowest BCUT2D eigenvalue weighted by atomic mass is 10.1. The maximum Gasteiger partial charge on any atom is 0.0705 e. The summed E-state index contributed by atoms with van der Waals surface area (Å²) in [5.74, 6) is 0. The number of benzene rings is 1. The predicted molar refractivity (Wildman–Crippen MR) is 59.1 cm³/mol. The zero-order chi connectivity index (χ0) is 9.80. The first-order valence-electron chi connectivity index (χ1n) is 4.91. The molecule has 0 N–H and O–H groups in total. The second-order valence-electron chi connectivity index (χ2n) is 3.23. The van der Waals surface area contributed by atoms with Crippen LogP contribution in [0.2, 0.25) is 0 Å². The first kappa shape index (κ1) is 8.95. The van der Waals surface area contributed by atoms with Crippen LogP contribution in [0.5, 0.6) is 0 Å². The van der Waals surface area contributed by atoms with Crippen molar-refractivity contribution < 1.29 is 0 Å². The predicted octanol–water partition coefficient (Wildman–Crippen LogP) is 3.31. The molecule has 0 aliphatic rings. The van der Waals surface area contributed by atoms with Crippen molar-refractivity contribution in [3.8, 4) is 11.3 Å². The summed E-state index contributed by atoms with van der Waals surface area (Å²) in [5, 5.41) is 0. The maximum atomic E-state index is 4.56. The van der Waals surface area contributed by atoms with Gasteiger partial charge in [0.2, 0.25) is 0 Å². The van der Waals surface area contributed by atoms with Gasteiger partial charge in [0.1, 0.15) is 0 Å². The fraction of sp³-hybridized carbons (Fsp3) is 0.154. The van der Waals surface area contributed by atoms with Gasteiger partial charge in [-0.15, -0.1) is 0 Å². The zero-order valence-corrected chi connectivity index (χ0v) is 8.27. The highest BCUT2D eigenvalue weighted by Crippen LogP contribution is 2.16. The van der Waals surface area contributed by atoms with E-state index in [4.69, 9.17) is 0 Å². The van der Waals surface area contributed by atoms with E-state index in [0.717, 1.165) is 17.8 Å². The van der Waals surface area contributed by atoms with Gasteiger partial charge in [-0.25, -0.2) is 0 Å². The first-order chi connectivity index (χ1) is 6.90. The van der Waals surface area contributed by atoms with E-state index < -0.39 is 0 Å². The van der Waals surface area contributed by atoms with Crippen molar-refractivity contribution in [1.82, 2.24) is 4.98 Å². The van der Waals surface area contributed by atoms with Crippen molar-refractivity contribution in [2.75, 3.05) is 0 Å². The van der Waals surface area contributed by atoms with Crippen molar-refractivity contribution in [1.29, 1.82) is 0 Å². The summed E-state index contributed by atoms with van der Waals surface area (Å²) in [6.07, 6.45) is 0.987. The highest BCUT2D eigenvalue weighted by molar-refractivity contribution is 5.58. The molecule has 0 spiro atoms. The van der Waals surface area contributed by atoms with E-state index in [-0.39, 0.29) is 0 Å². The van der Waals surface area contributed by atoms with Gasteiger partial charge in [0.15, 0.2) is 0 Å². The molecule has 1 nitrogen and oxygen atoms in total. The van der Waals surface area contributed by atoms with Crippen LogP contribution in [0.25, 0.3) is 11.3 Å². The van der Waals surface area contributed by atoms with Crippen molar-refractivity contribution in [3.63, 3.8) is 0 Å². The third-order valence-electron chi connectivity index (χ3n) is 2.24. The highest BCUT2D eigenvalue weighted by Gasteiger charge is 1.98. The molecule has 0 aliphatic heterocycles. The third-order valence-corrected chi connectivity index (χ3v) is 2.24. The van der Waals surface area contributed by atoms with Crippen LogP contribution >= 0.6 is 0 Å². The summed E-state index contributed by atoms with van der Waals surface area (Å²) in [6.45, 7) is 2.12. The lowest BCUT2D eigenvalue weighted by Gasteiger charge is -2.02. The van der Waals surface area contributed by atoms with Gasteiger partial charge in [-0.2, -0.15) is 0 Å². The number of hydrogen-bond acceptors (Lipinski definition) is 1. The standard InChI is InChI=1S/C13H13N/c1-2-12-9-6-10-13(14-12)11-7-4-3-5-8-11/h3-10H,2H2,1H3. The quantitative estimate of drug-likeness (QED) is 0.696. The summed E-state index contributed by atoms with van der Waals surface area (Å²) in [4.78, 5) is 4.56. The van der Waals surface area contributed by atoms with Gasteiger partial charge in [-0.3, -0.25) is 4.98 Å². The van der Waals surface area contributed by atoms with Gasteiger partial charge in [0, 0.05) is 11.3 Å². The summed E-state index contributed by atoms with van der Waals surface area (Å²) in [7, 11) is 0. The number of nitrogens with zero attached hydrogens (tertiary/aromatic N) is 1. The Morgan fingerprint density at radius 1 is 0.929 bits per heavy atom. The van der Waals surface area contributed by atoms with E-state index in [9.17, 15) is 0 Å². The molecular weight excluding hydrogens is 170 g/mol. The Bertz CT molecular complexity index is 407. The molecule has 0 radical (unpaired) electrons. The van der Waals surface area contributed by atoms with E-state index in [2.05, 4.69) is 42.2 Å². The Morgan fingerprint density at radius 3 is 2.43 bits per heavy atom. The monoisotopic (exact) mass is 183 g/mol. The Kier molecular flexibility index (Phi) is 2.59. The molecule has 2 rings (SSSR count). The molecule has 0 saturated heterocycles. The van der Waals surface area contributed by atoms with Gasteiger partial charge >= 0.3 is 0 Å². The number of rotatable bonds is 2. The summed E-state index contributed by atoms with van der Waals surface area (Å²) in [6, 6.07) is 16.4. The Labute approximate surface area is 84.4 Å². The smallest absolute Gasteiger partial charge is 0.0705 e. The lowest BCUT2D eigenvalue weighted by Crippen LogP contribution is -1.89. The molecule has 0 atom stereocenters. The zero-order valence-electron chi connectivity index (χ0n) is 8.27. The van der Waals surface area contributed by atoms with Crippen molar-refractivity contribution in [2.24, 2.45) is 0 Å². The van der Waals surface area contributed by atoms with Crippen LogP contribution in [0.1, 0.15) is 12.6 Å². The van der Waals surface area contributed by atoms with Crippen LogP contribution in [0.15, 0.2) is 48.5 Å². The Balaban J connectivity index is 2.42. The first-order valence-corrected chi connectivity index (χ1v) is 4.91. The topological polar surface area (TPSA) is 12.9 Å². The number of hydrogen-bond donors (Lipinski definition) is 0. The SMILES string of the molecule is CCc1cccc(-c2ccccc2)n1. The number of pyridine rings is 1. The minimum Gasteiger partial charge on any atom is -0.253 e. The normalized spacial score (nSPS) is 10.1. The molecule has 1 aromatic carbocycles. The average molecular weight is 183 g/mol. The summed E-state index contributed by atoms with van der Waals surface area (Å²) >= 11 is 0. The van der Waals surface area contributed by atoms with E-state index in [1.807, 2.05) is 18.2 Å². The third kappa shape index (κ3) is 1.82. The molecule has 70 valence electrons. The molecule has 1 aromatic heterocycles. The van der Waals surface area contributed by atoms with E-state index in [0.29, 0.717) is 0 Å². The maximum absolute atomic E-state index is 4.56. The van der Waals surface area contributed by atoms with Crippen LogP contribution < -0.4 is 0 Å². The van der Waals surface area contributed by atoms with Crippen LogP contribution in [0, 0.1) is 0 Å². The minimum absolute atomic E-state index is 0.987. The molecule has 0 bridgehead atoms. The molecule has 0 amide bonds. The number of aryl methyl sites for hydroxylation is 1. The Morgan fingerprint density at radius 2 is 1.71 bits per heavy atom. The highest BCUT2D eigenvalue weighted by atomic mass is 14.7. The molecule has 14 heavy (non-hydrogen) atoms. The van der Waals surface area contributed by atoms with Gasteiger partial charge in [0.25, 0.3) is 0 Å². The van der Waals surface area contributed by atoms with Crippen LogP contribution in [0.3, 0.4) is 0 Å². The molecule has 1 heterocycles. The Hall–Kier alpha value is -1.63. The van der Waals surface area contributed by atoms with E-state index >= 15 is 0 Å². The summed E-state index contributed by atoms with van der Waals surface area (Å²) < 4.78 is 0. The molecule has 1 heteroatoms. The van der Waals surface area contributed by atoms with E-state index in [1.54, 1.807) is 0 Å². The van der Waals surface area contributed by atoms with Crippen molar-refractivity contribution >= 4 is 0 Å². The molecule has 0 aliphatic carbocycles. The fourth-order valence-electron chi connectivity index (χ4n) is 1.45. The van der Waals surface area contributed by atoms with Gasteiger partial charge in [-0.05, 0) is 18.6 Å². The minimum atomic E-state index is 0.987. The summed E-state index contributed by atoms with van der Waals surface area (Å²) in [5.41, 5.74) is 3.39. The number of aromatic nitrogens is 1.